The monoisotopic (exact) mass is 436 g/mol. The van der Waals surface area contributed by atoms with Gasteiger partial charge in [-0.3, -0.25) is 9.40 Å². The quantitative estimate of drug-likeness (QED) is 0.727. The minimum absolute atomic E-state index is 0.126. The molecule has 0 fully saturated rings. The van der Waals surface area contributed by atoms with Gasteiger partial charge < -0.3 is 5.32 Å². The topological polar surface area (TPSA) is 76.0 Å². The van der Waals surface area contributed by atoms with Gasteiger partial charge in [-0.15, -0.1) is 0 Å². The van der Waals surface area contributed by atoms with Crippen molar-refractivity contribution in [3.63, 3.8) is 0 Å². The van der Waals surface area contributed by atoms with Crippen molar-refractivity contribution in [1.82, 2.24) is 15.1 Å². The van der Waals surface area contributed by atoms with Crippen LogP contribution in [0.3, 0.4) is 0 Å². The van der Waals surface area contributed by atoms with E-state index >= 15 is 0 Å². The number of para-hydroxylation sites is 1. The van der Waals surface area contributed by atoms with Gasteiger partial charge in [-0.05, 0) is 51.0 Å². The zero-order chi connectivity index (χ0) is 15.5. The fourth-order valence-corrected chi connectivity index (χ4v) is 4.13. The first kappa shape index (κ1) is 16.5. The number of hydrogen-bond donors (Lipinski definition) is 2. The van der Waals surface area contributed by atoms with Crippen molar-refractivity contribution in [3.8, 4) is 0 Å². The van der Waals surface area contributed by atoms with Crippen LogP contribution in [0.15, 0.2) is 44.4 Å². The number of anilines is 1. The third-order valence-corrected chi connectivity index (χ3v) is 5.34. The van der Waals surface area contributed by atoms with E-state index < -0.39 is 10.0 Å². The third-order valence-electron chi connectivity index (χ3n) is 2.71. The van der Waals surface area contributed by atoms with E-state index in [0.717, 1.165) is 0 Å². The summed E-state index contributed by atoms with van der Waals surface area (Å²) < 4.78 is 30.2. The van der Waals surface area contributed by atoms with E-state index in [1.54, 1.807) is 16.8 Å². The highest BCUT2D eigenvalue weighted by molar-refractivity contribution is 9.11. The number of benzene rings is 1. The van der Waals surface area contributed by atoms with Gasteiger partial charge in [0.2, 0.25) is 0 Å². The van der Waals surface area contributed by atoms with Gasteiger partial charge in [-0.1, -0.05) is 6.07 Å². The molecule has 9 heteroatoms. The van der Waals surface area contributed by atoms with Crippen molar-refractivity contribution in [1.29, 1.82) is 0 Å². The van der Waals surface area contributed by atoms with Crippen LogP contribution in [0.4, 0.5) is 5.69 Å². The Morgan fingerprint density at radius 3 is 2.57 bits per heavy atom. The molecular formula is C12H14Br2N4O2S. The molecule has 0 unspecified atom stereocenters. The molecule has 1 aromatic carbocycles. The molecule has 2 rings (SSSR count). The molecule has 0 aliphatic heterocycles. The molecule has 0 spiro atoms. The Labute approximate surface area is 140 Å². The molecule has 0 saturated carbocycles. The molecule has 0 radical (unpaired) electrons. The average Bonchev–Trinajstić information content (AvgIpc) is 2.90. The molecule has 21 heavy (non-hydrogen) atoms. The molecule has 114 valence electrons. The number of nitrogens with zero attached hydrogens (tertiary/aromatic N) is 2. The Balaban J connectivity index is 2.24. The first-order valence-electron chi connectivity index (χ1n) is 6.08. The van der Waals surface area contributed by atoms with Crippen molar-refractivity contribution < 1.29 is 8.42 Å². The maximum Gasteiger partial charge on any atom is 0.265 e. The highest BCUT2D eigenvalue weighted by atomic mass is 79.9. The summed E-state index contributed by atoms with van der Waals surface area (Å²) in [6.07, 6.45) is 2.84. The lowest BCUT2D eigenvalue weighted by Gasteiger charge is -2.10. The lowest BCUT2D eigenvalue weighted by molar-refractivity contribution is 0.582. The molecule has 6 nitrogen and oxygen atoms in total. The van der Waals surface area contributed by atoms with E-state index in [9.17, 15) is 8.42 Å². The second-order valence-corrected chi connectivity index (χ2v) is 7.64. The number of aromatic nitrogens is 2. The van der Waals surface area contributed by atoms with Crippen molar-refractivity contribution in [2.24, 2.45) is 0 Å². The fraction of sp³-hybridized carbons (Fsp3) is 0.250. The number of halogens is 2. The molecule has 0 aliphatic carbocycles. The zero-order valence-electron chi connectivity index (χ0n) is 11.2. The van der Waals surface area contributed by atoms with E-state index in [0.29, 0.717) is 27.7 Å². The van der Waals surface area contributed by atoms with Crippen molar-refractivity contribution >= 4 is 47.6 Å². The van der Waals surface area contributed by atoms with Crippen LogP contribution in [0, 0.1) is 0 Å². The predicted octanol–water partition coefficient (Wildman–Crippen LogP) is 2.43. The SMILES string of the molecule is CNCCn1cc(S(=O)(=O)Nc2c(Br)cccc2Br)cn1. The van der Waals surface area contributed by atoms with Crippen LogP contribution in [0.5, 0.6) is 0 Å². The van der Waals surface area contributed by atoms with Gasteiger partial charge >= 0.3 is 0 Å². The minimum atomic E-state index is -3.68. The number of likely N-dealkylation sites (N-methyl/N-ethyl adjacent to an activating group) is 1. The largest absolute Gasteiger partial charge is 0.318 e. The Kier molecular flexibility index (Phi) is 5.42. The summed E-state index contributed by atoms with van der Waals surface area (Å²) in [7, 11) is -1.85. The molecule has 0 aliphatic rings. The fourth-order valence-electron chi connectivity index (χ4n) is 1.62. The van der Waals surface area contributed by atoms with Crippen molar-refractivity contribution in [2.75, 3.05) is 18.3 Å². The number of sulfonamides is 1. The van der Waals surface area contributed by atoms with Crippen LogP contribution in [0.2, 0.25) is 0 Å². The van der Waals surface area contributed by atoms with Crippen LogP contribution in [-0.2, 0) is 16.6 Å². The van der Waals surface area contributed by atoms with Gasteiger partial charge in [-0.25, -0.2) is 8.42 Å². The molecule has 0 amide bonds. The number of rotatable bonds is 6. The molecule has 2 N–H and O–H groups in total. The second-order valence-electron chi connectivity index (χ2n) is 4.24. The maximum atomic E-state index is 12.4. The van der Waals surface area contributed by atoms with Crippen LogP contribution < -0.4 is 10.0 Å². The molecule has 1 aromatic heterocycles. The zero-order valence-corrected chi connectivity index (χ0v) is 15.2. The molecule has 2 aromatic rings. The van der Waals surface area contributed by atoms with E-state index in [1.165, 1.54) is 12.4 Å². The summed E-state index contributed by atoms with van der Waals surface area (Å²) in [4.78, 5) is 0.126. The van der Waals surface area contributed by atoms with Crippen LogP contribution >= 0.6 is 31.9 Å². The smallest absolute Gasteiger partial charge is 0.265 e. The maximum absolute atomic E-state index is 12.4. The summed E-state index contributed by atoms with van der Waals surface area (Å²) in [5.74, 6) is 0. The van der Waals surface area contributed by atoms with Gasteiger partial charge in [0.25, 0.3) is 10.0 Å². The Hall–Kier alpha value is -0.900. The van der Waals surface area contributed by atoms with E-state index in [2.05, 4.69) is 47.0 Å². The number of hydrogen-bond acceptors (Lipinski definition) is 4. The summed E-state index contributed by atoms with van der Waals surface area (Å²) >= 11 is 6.65. The summed E-state index contributed by atoms with van der Waals surface area (Å²) in [5.41, 5.74) is 0.459. The van der Waals surface area contributed by atoms with Gasteiger partial charge in [0.15, 0.2) is 0 Å². The normalized spacial score (nSPS) is 11.6. The van der Waals surface area contributed by atoms with E-state index in [4.69, 9.17) is 0 Å². The molecule has 0 atom stereocenters. The first-order valence-corrected chi connectivity index (χ1v) is 9.15. The Morgan fingerprint density at radius 2 is 1.95 bits per heavy atom. The lowest BCUT2D eigenvalue weighted by Crippen LogP contribution is -2.15. The average molecular weight is 438 g/mol. The van der Waals surface area contributed by atoms with Gasteiger partial charge in [0.1, 0.15) is 4.90 Å². The molecular weight excluding hydrogens is 424 g/mol. The summed E-state index contributed by atoms with van der Waals surface area (Å²) in [6, 6.07) is 5.33. The van der Waals surface area contributed by atoms with Gasteiger partial charge in [0.05, 0.1) is 18.4 Å². The van der Waals surface area contributed by atoms with Crippen LogP contribution in [-0.4, -0.2) is 31.8 Å². The molecule has 1 heterocycles. The van der Waals surface area contributed by atoms with Crippen LogP contribution in [0.25, 0.3) is 0 Å². The Morgan fingerprint density at radius 1 is 1.29 bits per heavy atom. The van der Waals surface area contributed by atoms with Crippen molar-refractivity contribution in [3.05, 3.63) is 39.5 Å². The molecule has 0 bridgehead atoms. The van der Waals surface area contributed by atoms with Crippen LogP contribution in [0.1, 0.15) is 0 Å². The van der Waals surface area contributed by atoms with Gasteiger partial charge in [-0.2, -0.15) is 5.10 Å². The van der Waals surface area contributed by atoms with E-state index in [1.807, 2.05) is 13.1 Å². The highest BCUT2D eigenvalue weighted by Crippen LogP contribution is 2.32. The Bertz CT molecular complexity index is 710. The van der Waals surface area contributed by atoms with E-state index in [-0.39, 0.29) is 4.90 Å². The third kappa shape index (κ3) is 4.06. The summed E-state index contributed by atoms with van der Waals surface area (Å²) in [5, 5.41) is 7.02. The minimum Gasteiger partial charge on any atom is -0.318 e. The van der Waals surface area contributed by atoms with Gasteiger partial charge in [0, 0.05) is 21.7 Å². The summed E-state index contributed by atoms with van der Waals surface area (Å²) in [6.45, 7) is 1.31. The standard InChI is InChI=1S/C12H14Br2N4O2S/c1-15-5-6-18-8-9(7-16-18)21(19,20)17-12-10(13)3-2-4-11(12)14/h2-4,7-8,15,17H,5-6H2,1H3. The predicted molar refractivity (Wildman–Crippen MR) is 88.8 cm³/mol. The first-order chi connectivity index (χ1) is 9.94. The second kappa shape index (κ2) is 6.91. The number of nitrogens with one attached hydrogen (secondary N) is 2. The lowest BCUT2D eigenvalue weighted by atomic mass is 10.3. The van der Waals surface area contributed by atoms with Crippen molar-refractivity contribution in [2.45, 2.75) is 11.4 Å². The molecule has 0 saturated heterocycles. The highest BCUT2D eigenvalue weighted by Gasteiger charge is 2.19.